The lowest BCUT2D eigenvalue weighted by Crippen LogP contribution is -2.29. The largest absolute Gasteiger partial charge is 0.507 e. The van der Waals surface area contributed by atoms with Crippen molar-refractivity contribution in [1.29, 1.82) is 0 Å². The lowest BCUT2D eigenvalue weighted by Gasteiger charge is -2.26. The van der Waals surface area contributed by atoms with E-state index in [1.54, 1.807) is 67.0 Å². The van der Waals surface area contributed by atoms with Crippen molar-refractivity contribution in [2.45, 2.75) is 26.1 Å². The first kappa shape index (κ1) is 27.5. The number of aryl methyl sites for hydroxylation is 1. The van der Waals surface area contributed by atoms with Gasteiger partial charge in [0.1, 0.15) is 18.1 Å². The summed E-state index contributed by atoms with van der Waals surface area (Å²) in [5.74, 6) is -0.193. The van der Waals surface area contributed by atoms with E-state index in [1.165, 1.54) is 19.1 Å². The molecule has 2 heterocycles. The number of likely N-dealkylation sites (tertiary alicyclic amines) is 1. The Kier molecular flexibility index (Phi) is 8.01. The number of carbonyl (C=O) groups excluding carboxylic acids is 2. The van der Waals surface area contributed by atoms with Gasteiger partial charge in [0.05, 0.1) is 25.8 Å². The fraction of sp³-hybridized carbons (Fsp3) is 0.182. The fourth-order valence-corrected chi connectivity index (χ4v) is 4.90. The molecule has 1 amide bonds. The first-order valence-corrected chi connectivity index (χ1v) is 13.1. The van der Waals surface area contributed by atoms with Crippen LogP contribution in [0.3, 0.4) is 0 Å². The minimum absolute atomic E-state index is 0.00939. The van der Waals surface area contributed by atoms with Crippen LogP contribution in [-0.4, -0.2) is 40.9 Å². The highest BCUT2D eigenvalue weighted by atomic mass is 16.5. The number of hydrogen-bond acceptors (Lipinski definition) is 7. The van der Waals surface area contributed by atoms with Crippen molar-refractivity contribution in [3.8, 4) is 17.2 Å². The number of amides is 1. The molecule has 0 bridgehead atoms. The number of Topliss-reactive ketones (excluding diaryl/α,β-unsaturated/α-hetero) is 1. The number of nitrogens with zero attached hydrogens (tertiary/aromatic N) is 2. The zero-order chi connectivity index (χ0) is 28.9. The predicted molar refractivity (Wildman–Crippen MR) is 154 cm³/mol. The van der Waals surface area contributed by atoms with Gasteiger partial charge in [-0.15, -0.1) is 0 Å². The van der Waals surface area contributed by atoms with Crippen molar-refractivity contribution < 1.29 is 28.9 Å². The Morgan fingerprint density at radius 1 is 0.902 bits per heavy atom. The van der Waals surface area contributed by atoms with Crippen LogP contribution in [-0.2, 0) is 22.7 Å². The van der Waals surface area contributed by atoms with Gasteiger partial charge in [-0.3, -0.25) is 14.6 Å². The number of methoxy groups -OCH3 is 2. The molecule has 1 fully saturated rings. The zero-order valence-electron chi connectivity index (χ0n) is 23.0. The van der Waals surface area contributed by atoms with E-state index in [0.717, 1.165) is 16.7 Å². The van der Waals surface area contributed by atoms with Gasteiger partial charge in [-0.25, -0.2) is 0 Å². The zero-order valence-corrected chi connectivity index (χ0v) is 23.0. The van der Waals surface area contributed by atoms with Crippen LogP contribution in [0.25, 0.3) is 5.76 Å². The summed E-state index contributed by atoms with van der Waals surface area (Å²) >= 11 is 0. The number of aliphatic hydroxyl groups excluding tert-OH is 1. The topological polar surface area (TPSA) is 98.2 Å². The van der Waals surface area contributed by atoms with E-state index in [4.69, 9.17) is 14.2 Å². The van der Waals surface area contributed by atoms with Crippen LogP contribution in [0.2, 0.25) is 0 Å². The van der Waals surface area contributed by atoms with E-state index in [1.807, 2.05) is 31.2 Å². The normalized spacial score (nSPS) is 16.1. The molecule has 8 heteroatoms. The van der Waals surface area contributed by atoms with Gasteiger partial charge in [0.15, 0.2) is 11.5 Å². The van der Waals surface area contributed by atoms with Gasteiger partial charge in [-0.2, -0.15) is 0 Å². The van der Waals surface area contributed by atoms with Gasteiger partial charge < -0.3 is 24.2 Å². The molecule has 1 saturated heterocycles. The predicted octanol–water partition coefficient (Wildman–Crippen LogP) is 5.61. The third-order valence-corrected chi connectivity index (χ3v) is 7.15. The summed E-state index contributed by atoms with van der Waals surface area (Å²) in [7, 11) is 3.04. The molecule has 1 N–H and O–H groups in total. The maximum absolute atomic E-state index is 13.4. The number of pyridine rings is 1. The first-order chi connectivity index (χ1) is 19.9. The lowest BCUT2D eigenvalue weighted by atomic mass is 9.94. The summed E-state index contributed by atoms with van der Waals surface area (Å²) in [5, 5.41) is 11.5. The molecule has 4 aromatic rings. The Hall–Kier alpha value is -5.11. The number of rotatable bonds is 9. The lowest BCUT2D eigenvalue weighted by molar-refractivity contribution is -0.140. The van der Waals surface area contributed by atoms with E-state index in [-0.39, 0.29) is 17.9 Å². The van der Waals surface area contributed by atoms with Crippen molar-refractivity contribution in [2.24, 2.45) is 0 Å². The maximum atomic E-state index is 13.4. The van der Waals surface area contributed by atoms with Crippen LogP contribution < -0.4 is 14.2 Å². The number of ketones is 1. The fourth-order valence-electron chi connectivity index (χ4n) is 4.90. The summed E-state index contributed by atoms with van der Waals surface area (Å²) < 4.78 is 16.8. The molecule has 41 heavy (non-hydrogen) atoms. The number of benzene rings is 3. The van der Waals surface area contributed by atoms with Crippen LogP contribution in [0, 0.1) is 6.92 Å². The van der Waals surface area contributed by atoms with Crippen molar-refractivity contribution in [3.05, 3.63) is 125 Å². The minimum atomic E-state index is -0.861. The SMILES string of the molecule is COc1ccc(C2/C(=C(/O)c3ccc(OCc4ccccc4C)cc3)C(=O)C(=O)N2Cc2ccncc2)cc1OC. The Labute approximate surface area is 238 Å². The molecule has 1 aliphatic heterocycles. The number of aromatic nitrogens is 1. The molecule has 1 atom stereocenters. The average molecular weight is 551 g/mol. The van der Waals surface area contributed by atoms with Crippen LogP contribution >= 0.6 is 0 Å². The highest BCUT2D eigenvalue weighted by molar-refractivity contribution is 6.46. The van der Waals surface area contributed by atoms with Crippen LogP contribution in [0.5, 0.6) is 17.2 Å². The summed E-state index contributed by atoms with van der Waals surface area (Å²) in [6, 6.07) is 22.7. The molecule has 1 aromatic heterocycles. The van der Waals surface area contributed by atoms with E-state index in [0.29, 0.717) is 35.0 Å². The molecular weight excluding hydrogens is 520 g/mol. The van der Waals surface area contributed by atoms with Crippen LogP contribution in [0.4, 0.5) is 0 Å². The summed E-state index contributed by atoms with van der Waals surface area (Å²) in [6.45, 7) is 2.57. The van der Waals surface area contributed by atoms with Gasteiger partial charge in [0.2, 0.25) is 0 Å². The van der Waals surface area contributed by atoms with Gasteiger partial charge in [0, 0.05) is 24.5 Å². The van der Waals surface area contributed by atoms with E-state index < -0.39 is 17.7 Å². The van der Waals surface area contributed by atoms with Crippen LogP contribution in [0.1, 0.15) is 33.9 Å². The molecule has 0 radical (unpaired) electrons. The molecule has 3 aromatic carbocycles. The van der Waals surface area contributed by atoms with Crippen molar-refractivity contribution in [3.63, 3.8) is 0 Å². The van der Waals surface area contributed by atoms with Gasteiger partial charge in [-0.05, 0) is 77.7 Å². The highest BCUT2D eigenvalue weighted by Gasteiger charge is 2.46. The van der Waals surface area contributed by atoms with Crippen molar-refractivity contribution in [1.82, 2.24) is 9.88 Å². The Bertz CT molecular complexity index is 1600. The molecule has 1 aliphatic rings. The van der Waals surface area contributed by atoms with Crippen LogP contribution in [0.15, 0.2) is 96.8 Å². The average Bonchev–Trinajstić information content (AvgIpc) is 3.25. The van der Waals surface area contributed by atoms with Crippen molar-refractivity contribution in [2.75, 3.05) is 14.2 Å². The Morgan fingerprint density at radius 2 is 1.61 bits per heavy atom. The Balaban J connectivity index is 1.51. The second-order valence-corrected chi connectivity index (χ2v) is 9.64. The number of ether oxygens (including phenoxy) is 3. The maximum Gasteiger partial charge on any atom is 0.295 e. The quantitative estimate of drug-likeness (QED) is 0.164. The molecule has 0 saturated carbocycles. The third kappa shape index (κ3) is 5.63. The second kappa shape index (κ2) is 12.0. The number of aliphatic hydroxyl groups is 1. The minimum Gasteiger partial charge on any atom is -0.507 e. The summed E-state index contributed by atoms with van der Waals surface area (Å²) in [4.78, 5) is 32.3. The molecule has 0 spiro atoms. The van der Waals surface area contributed by atoms with Gasteiger partial charge in [0.25, 0.3) is 11.7 Å². The smallest absolute Gasteiger partial charge is 0.295 e. The number of hydrogen-bond donors (Lipinski definition) is 1. The van der Waals surface area contributed by atoms with Crippen molar-refractivity contribution >= 4 is 17.4 Å². The Morgan fingerprint density at radius 3 is 2.29 bits per heavy atom. The third-order valence-electron chi connectivity index (χ3n) is 7.15. The first-order valence-electron chi connectivity index (χ1n) is 13.1. The van der Waals surface area contributed by atoms with E-state index >= 15 is 0 Å². The molecule has 0 aliphatic carbocycles. The van der Waals surface area contributed by atoms with E-state index in [2.05, 4.69) is 4.98 Å². The molecular formula is C33H30N2O6. The molecule has 208 valence electrons. The molecule has 5 rings (SSSR count). The van der Waals surface area contributed by atoms with E-state index in [9.17, 15) is 14.7 Å². The molecule has 1 unspecified atom stereocenters. The van der Waals surface area contributed by atoms with Gasteiger partial charge >= 0.3 is 0 Å². The molecule has 8 nitrogen and oxygen atoms in total. The number of carbonyl (C=O) groups is 2. The second-order valence-electron chi connectivity index (χ2n) is 9.64. The summed E-state index contributed by atoms with van der Waals surface area (Å²) in [5.41, 5.74) is 3.97. The van der Waals surface area contributed by atoms with Gasteiger partial charge in [-0.1, -0.05) is 30.3 Å². The summed E-state index contributed by atoms with van der Waals surface area (Å²) in [6.07, 6.45) is 3.25. The standard InChI is InChI=1S/C33H30N2O6/c1-21-6-4-5-7-25(21)20-41-26-11-8-23(9-12-26)31(36)29-30(24-10-13-27(39-2)28(18-24)40-3)35(33(38)32(29)37)19-22-14-16-34-17-15-22/h4-18,30,36H,19-20H2,1-3H3/b31-29-. The monoisotopic (exact) mass is 550 g/mol. The highest BCUT2D eigenvalue weighted by Crippen LogP contribution is 2.42.